The third-order valence-electron chi connectivity index (χ3n) is 6.54. The minimum Gasteiger partial charge on any atom is -0.503 e. The molecular formula is C32H29O4S+. The maximum Gasteiger partial charge on any atom is 0.221 e. The molecule has 0 aromatic heterocycles. The van der Waals surface area contributed by atoms with Crippen LogP contribution in [-0.2, 0) is 26.2 Å². The molecule has 1 N–H and O–H groups in total. The van der Waals surface area contributed by atoms with Crippen LogP contribution >= 0.6 is 0 Å². The molecule has 5 aromatic rings. The van der Waals surface area contributed by atoms with E-state index in [0.717, 1.165) is 42.3 Å². The second-order valence-electron chi connectivity index (χ2n) is 8.54. The van der Waals surface area contributed by atoms with Crippen LogP contribution in [0.15, 0.2) is 130 Å². The van der Waals surface area contributed by atoms with Crippen molar-refractivity contribution in [2.45, 2.75) is 20.5 Å². The first-order valence-electron chi connectivity index (χ1n) is 12.0. The SMILES string of the molecule is COc1ccc(C(OC)(OC)c2ccc3c([S+](c4ccccc4)c4ccccc4)c(O)ccc3c2)cc1. The summed E-state index contributed by atoms with van der Waals surface area (Å²) in [4.78, 5) is 3.18. The molecule has 0 fully saturated rings. The van der Waals surface area contributed by atoms with Gasteiger partial charge in [0.25, 0.3) is 0 Å². The van der Waals surface area contributed by atoms with Crippen LogP contribution in [0.4, 0.5) is 0 Å². The lowest BCUT2D eigenvalue weighted by Gasteiger charge is -2.32. The first-order chi connectivity index (χ1) is 18.1. The molecule has 0 unspecified atom stereocenters. The van der Waals surface area contributed by atoms with Gasteiger partial charge < -0.3 is 19.3 Å². The van der Waals surface area contributed by atoms with Crippen molar-refractivity contribution in [2.24, 2.45) is 0 Å². The molecule has 0 bridgehead atoms. The smallest absolute Gasteiger partial charge is 0.221 e. The van der Waals surface area contributed by atoms with Crippen LogP contribution in [-0.4, -0.2) is 26.4 Å². The van der Waals surface area contributed by atoms with Crippen LogP contribution in [0.5, 0.6) is 11.5 Å². The van der Waals surface area contributed by atoms with Crippen LogP contribution in [0.25, 0.3) is 10.8 Å². The molecule has 37 heavy (non-hydrogen) atoms. The molecular weight excluding hydrogens is 480 g/mol. The number of benzene rings is 5. The normalized spacial score (nSPS) is 11.7. The average Bonchev–Trinajstić information content (AvgIpc) is 2.97. The Kier molecular flexibility index (Phi) is 7.19. The second-order valence-corrected chi connectivity index (χ2v) is 10.5. The van der Waals surface area contributed by atoms with Gasteiger partial charge in [0.15, 0.2) is 15.5 Å². The topological polar surface area (TPSA) is 47.9 Å². The standard InChI is InChI=1S/C32H28O4S/c1-34-26-18-15-24(16-19-26)32(35-2,36-3)25-17-20-29-23(22-25)14-21-30(33)31(29)37(27-10-6-4-7-11-27)28-12-8-5-9-13-28/h4-22H,1-3H3/p+1. The van der Waals surface area contributed by atoms with Gasteiger partial charge in [-0.1, -0.05) is 48.5 Å². The van der Waals surface area contributed by atoms with Gasteiger partial charge in [-0.15, -0.1) is 0 Å². The zero-order valence-corrected chi connectivity index (χ0v) is 21.9. The molecule has 5 heteroatoms. The van der Waals surface area contributed by atoms with E-state index in [1.165, 1.54) is 0 Å². The van der Waals surface area contributed by atoms with Crippen LogP contribution in [0.2, 0.25) is 0 Å². The highest BCUT2D eigenvalue weighted by atomic mass is 32.2. The van der Waals surface area contributed by atoms with E-state index in [9.17, 15) is 5.11 Å². The van der Waals surface area contributed by atoms with Gasteiger partial charge in [-0.25, -0.2) is 0 Å². The second kappa shape index (κ2) is 10.7. The van der Waals surface area contributed by atoms with Crippen molar-refractivity contribution in [2.75, 3.05) is 21.3 Å². The highest BCUT2D eigenvalue weighted by Gasteiger charge is 2.37. The van der Waals surface area contributed by atoms with E-state index < -0.39 is 16.7 Å². The summed E-state index contributed by atoms with van der Waals surface area (Å²) >= 11 is 0. The molecule has 5 rings (SSSR count). The Morgan fingerprint density at radius 1 is 0.622 bits per heavy atom. The van der Waals surface area contributed by atoms with E-state index in [-0.39, 0.29) is 5.75 Å². The molecule has 0 radical (unpaired) electrons. The number of hydrogen-bond donors (Lipinski definition) is 1. The van der Waals surface area contributed by atoms with Crippen LogP contribution < -0.4 is 4.74 Å². The third-order valence-corrected chi connectivity index (χ3v) is 8.86. The summed E-state index contributed by atoms with van der Waals surface area (Å²) < 4.78 is 17.3. The van der Waals surface area contributed by atoms with Gasteiger partial charge in [0.1, 0.15) is 16.6 Å². The highest BCUT2D eigenvalue weighted by molar-refractivity contribution is 7.97. The van der Waals surface area contributed by atoms with E-state index in [1.54, 1.807) is 27.4 Å². The van der Waals surface area contributed by atoms with Gasteiger partial charge in [-0.3, -0.25) is 0 Å². The molecule has 0 saturated carbocycles. The first-order valence-corrected chi connectivity index (χ1v) is 13.2. The van der Waals surface area contributed by atoms with Gasteiger partial charge in [0, 0.05) is 30.7 Å². The zero-order chi connectivity index (χ0) is 25.8. The van der Waals surface area contributed by atoms with Gasteiger partial charge in [-0.2, -0.15) is 0 Å². The summed E-state index contributed by atoms with van der Waals surface area (Å²) in [7, 11) is 4.43. The largest absolute Gasteiger partial charge is 0.503 e. The fraction of sp³-hybridized carbons (Fsp3) is 0.125. The maximum atomic E-state index is 11.2. The Labute approximate surface area is 220 Å². The molecule has 0 saturated heterocycles. The number of aromatic hydroxyl groups is 1. The van der Waals surface area contributed by atoms with E-state index in [1.807, 2.05) is 72.8 Å². The lowest BCUT2D eigenvalue weighted by atomic mass is 9.94. The van der Waals surface area contributed by atoms with Crippen molar-refractivity contribution in [1.29, 1.82) is 0 Å². The van der Waals surface area contributed by atoms with Gasteiger partial charge in [0.2, 0.25) is 10.7 Å². The number of methoxy groups -OCH3 is 3. The molecule has 186 valence electrons. The number of rotatable bonds is 8. The van der Waals surface area contributed by atoms with Crippen molar-refractivity contribution < 1.29 is 19.3 Å². The number of fused-ring (bicyclic) bond motifs is 1. The van der Waals surface area contributed by atoms with Gasteiger partial charge >= 0.3 is 0 Å². The molecule has 0 spiro atoms. The predicted molar refractivity (Wildman–Crippen MR) is 148 cm³/mol. The first kappa shape index (κ1) is 24.9. The number of phenols is 1. The molecule has 0 aliphatic rings. The Morgan fingerprint density at radius 3 is 1.73 bits per heavy atom. The lowest BCUT2D eigenvalue weighted by molar-refractivity contribution is -0.183. The van der Waals surface area contributed by atoms with Crippen molar-refractivity contribution >= 4 is 21.7 Å². The van der Waals surface area contributed by atoms with E-state index in [4.69, 9.17) is 14.2 Å². The van der Waals surface area contributed by atoms with Crippen molar-refractivity contribution in [3.8, 4) is 11.5 Å². The summed E-state index contributed by atoms with van der Waals surface area (Å²) in [6, 6.07) is 38.2. The Balaban J connectivity index is 1.70. The lowest BCUT2D eigenvalue weighted by Crippen LogP contribution is -2.32. The summed E-state index contributed by atoms with van der Waals surface area (Å²) in [6.07, 6.45) is 0. The van der Waals surface area contributed by atoms with Crippen molar-refractivity contribution in [3.63, 3.8) is 0 Å². The fourth-order valence-corrected chi connectivity index (χ4v) is 7.01. The van der Waals surface area contributed by atoms with Crippen molar-refractivity contribution in [3.05, 3.63) is 126 Å². The minimum atomic E-state index is -1.10. The monoisotopic (exact) mass is 509 g/mol. The van der Waals surface area contributed by atoms with Crippen LogP contribution in [0.1, 0.15) is 11.1 Å². The van der Waals surface area contributed by atoms with E-state index >= 15 is 0 Å². The average molecular weight is 510 g/mol. The molecule has 0 amide bonds. The Hall–Kier alpha value is -3.77. The van der Waals surface area contributed by atoms with Crippen LogP contribution in [0.3, 0.4) is 0 Å². The Morgan fingerprint density at radius 2 is 1.19 bits per heavy atom. The molecule has 5 aromatic carbocycles. The van der Waals surface area contributed by atoms with Gasteiger partial charge in [0.05, 0.1) is 7.11 Å². The fourth-order valence-electron chi connectivity index (χ4n) is 4.73. The quantitative estimate of drug-likeness (QED) is 0.178. The molecule has 4 nitrogen and oxygen atoms in total. The van der Waals surface area contributed by atoms with Crippen molar-refractivity contribution in [1.82, 2.24) is 0 Å². The molecule has 0 aliphatic carbocycles. The van der Waals surface area contributed by atoms with E-state index in [0.29, 0.717) is 0 Å². The summed E-state index contributed by atoms with van der Waals surface area (Å²) in [6.45, 7) is 0. The zero-order valence-electron chi connectivity index (χ0n) is 21.0. The third kappa shape index (κ3) is 4.58. The Bertz CT molecular complexity index is 1440. The van der Waals surface area contributed by atoms with Gasteiger partial charge in [-0.05, 0) is 72.1 Å². The highest BCUT2D eigenvalue weighted by Crippen LogP contribution is 2.43. The predicted octanol–water partition coefficient (Wildman–Crippen LogP) is 7.14. The number of ether oxygens (including phenoxy) is 3. The van der Waals surface area contributed by atoms with E-state index in [2.05, 4.69) is 36.4 Å². The maximum absolute atomic E-state index is 11.2. The summed E-state index contributed by atoms with van der Waals surface area (Å²) in [5, 5.41) is 13.2. The molecule has 0 atom stereocenters. The molecule has 0 heterocycles. The summed E-state index contributed by atoms with van der Waals surface area (Å²) in [5.74, 6) is -0.0625. The number of phenolic OH excluding ortho intramolecular Hbond substituents is 1. The number of hydrogen-bond acceptors (Lipinski definition) is 4. The molecule has 0 aliphatic heterocycles. The minimum absolute atomic E-state index is 0.274. The summed E-state index contributed by atoms with van der Waals surface area (Å²) in [5.41, 5.74) is 1.70. The van der Waals surface area contributed by atoms with Crippen LogP contribution in [0, 0.1) is 0 Å².